The van der Waals surface area contributed by atoms with Crippen molar-refractivity contribution in [1.82, 2.24) is 0 Å². The first-order valence-corrected chi connectivity index (χ1v) is 8.65. The molecule has 5 heteroatoms. The van der Waals surface area contributed by atoms with Crippen molar-refractivity contribution in [2.45, 2.75) is 55.4 Å². The quantitative estimate of drug-likeness (QED) is 0.266. The van der Waals surface area contributed by atoms with Crippen molar-refractivity contribution in [2.75, 3.05) is 0 Å². The van der Waals surface area contributed by atoms with Gasteiger partial charge in [-0.05, 0) is 60.2 Å². The molecule has 0 bridgehead atoms. The summed E-state index contributed by atoms with van der Waals surface area (Å²) in [6, 6.07) is 16.8. The summed E-state index contributed by atoms with van der Waals surface area (Å²) >= 11 is 1.72. The molecule has 0 spiro atoms. The van der Waals surface area contributed by atoms with Crippen molar-refractivity contribution in [3.63, 3.8) is 0 Å². The van der Waals surface area contributed by atoms with E-state index in [9.17, 15) is 0 Å². The van der Waals surface area contributed by atoms with Gasteiger partial charge in [0.1, 0.15) is 10.9 Å². The van der Waals surface area contributed by atoms with Crippen LogP contribution < -0.4 is 0 Å². The van der Waals surface area contributed by atoms with E-state index in [1.165, 1.54) is 10.5 Å². The maximum absolute atomic E-state index is 8.38. The van der Waals surface area contributed by atoms with E-state index < -0.39 is 5.60 Å². The molecule has 4 nitrogen and oxygen atoms in total. The highest BCUT2D eigenvalue weighted by Gasteiger charge is 2.21. The molecule has 0 aromatic heterocycles. The SMILES string of the molecule is CC(C)(C)c1ccc(Sc2ccc(C(C)(C)ON=[N+]=[N-])cc2)cc1. The van der Waals surface area contributed by atoms with E-state index in [0.29, 0.717) is 0 Å². The lowest BCUT2D eigenvalue weighted by molar-refractivity contribution is -0.0223. The van der Waals surface area contributed by atoms with Crippen molar-refractivity contribution in [1.29, 1.82) is 0 Å². The van der Waals surface area contributed by atoms with Crippen LogP contribution in [0.4, 0.5) is 0 Å². The minimum absolute atomic E-state index is 0.169. The molecule has 126 valence electrons. The third-order valence-corrected chi connectivity index (χ3v) is 4.83. The predicted octanol–water partition coefficient (Wildman–Crippen LogP) is 6.61. The van der Waals surface area contributed by atoms with E-state index in [-0.39, 0.29) is 5.41 Å². The van der Waals surface area contributed by atoms with Crippen molar-refractivity contribution in [3.05, 3.63) is 70.1 Å². The number of hydrogen-bond acceptors (Lipinski definition) is 3. The standard InChI is InChI=1S/C19H23N3OS/c1-18(2,3)14-6-10-16(11-7-14)24-17-12-8-15(9-13-17)19(4,5)23-22-21-20/h6-13H,1-5H3. The molecular formula is C19H23N3OS. The Hall–Kier alpha value is -2.10. The summed E-state index contributed by atoms with van der Waals surface area (Å²) < 4.78 is 0. The third kappa shape index (κ3) is 4.70. The number of hydrogen-bond donors (Lipinski definition) is 0. The summed E-state index contributed by atoms with van der Waals surface area (Å²) in [5, 5.41) is 3.21. The van der Waals surface area contributed by atoms with Crippen LogP contribution in [-0.2, 0) is 15.9 Å². The smallest absolute Gasteiger partial charge is 0.137 e. The molecule has 0 saturated heterocycles. The van der Waals surface area contributed by atoms with Gasteiger partial charge < -0.3 is 4.84 Å². The molecule has 0 N–H and O–H groups in total. The highest BCUT2D eigenvalue weighted by Crippen LogP contribution is 2.32. The van der Waals surface area contributed by atoms with Gasteiger partial charge in [0.05, 0.1) is 0 Å². The molecule has 0 aliphatic rings. The first-order chi connectivity index (χ1) is 11.2. The lowest BCUT2D eigenvalue weighted by atomic mass is 9.87. The van der Waals surface area contributed by atoms with Crippen LogP contribution in [0, 0.1) is 0 Å². The van der Waals surface area contributed by atoms with Crippen LogP contribution in [0.5, 0.6) is 0 Å². The first-order valence-electron chi connectivity index (χ1n) is 7.84. The highest BCUT2D eigenvalue weighted by atomic mass is 32.2. The summed E-state index contributed by atoms with van der Waals surface area (Å²) in [5.41, 5.74) is 10.2. The third-order valence-electron chi connectivity index (χ3n) is 3.81. The van der Waals surface area contributed by atoms with Crippen LogP contribution in [0.3, 0.4) is 0 Å². The Morgan fingerprint density at radius 2 is 1.29 bits per heavy atom. The molecule has 0 aliphatic carbocycles. The molecule has 0 saturated carbocycles. The maximum Gasteiger partial charge on any atom is 0.137 e. The zero-order chi connectivity index (χ0) is 17.8. The number of rotatable bonds is 5. The van der Waals surface area contributed by atoms with E-state index in [2.05, 4.69) is 67.4 Å². The van der Waals surface area contributed by atoms with Gasteiger partial charge in [-0.2, -0.15) is 0 Å². The van der Waals surface area contributed by atoms with Crippen LogP contribution in [-0.4, -0.2) is 0 Å². The average Bonchev–Trinajstić information content (AvgIpc) is 2.53. The summed E-state index contributed by atoms with van der Waals surface area (Å²) in [7, 11) is 0. The Balaban J connectivity index is 2.10. The van der Waals surface area contributed by atoms with Crippen LogP contribution in [0.2, 0.25) is 0 Å². The van der Waals surface area contributed by atoms with Gasteiger partial charge in [-0.3, -0.25) is 0 Å². The molecule has 2 aromatic carbocycles. The fraction of sp³-hybridized carbons (Fsp3) is 0.368. The average molecular weight is 341 g/mol. The number of nitrogens with zero attached hydrogens (tertiary/aromatic N) is 3. The minimum atomic E-state index is -0.649. The van der Waals surface area contributed by atoms with Crippen LogP contribution in [0.25, 0.3) is 10.4 Å². The van der Waals surface area contributed by atoms with E-state index in [0.717, 1.165) is 10.5 Å². The zero-order valence-corrected chi connectivity index (χ0v) is 15.6. The lowest BCUT2D eigenvalue weighted by Crippen LogP contribution is -2.18. The Labute approximate surface area is 147 Å². The minimum Gasteiger partial charge on any atom is -0.423 e. The van der Waals surface area contributed by atoms with Gasteiger partial charge in [0.2, 0.25) is 0 Å². The van der Waals surface area contributed by atoms with Crippen molar-refractivity contribution in [3.8, 4) is 0 Å². The van der Waals surface area contributed by atoms with Gasteiger partial charge in [0.25, 0.3) is 0 Å². The number of azide groups is 1. The second-order valence-corrected chi connectivity index (χ2v) is 8.32. The van der Waals surface area contributed by atoms with Gasteiger partial charge >= 0.3 is 0 Å². The Morgan fingerprint density at radius 1 is 0.833 bits per heavy atom. The predicted molar refractivity (Wildman–Crippen MR) is 99.0 cm³/mol. The summed E-state index contributed by atoms with van der Waals surface area (Å²) in [6.45, 7) is 10.4. The maximum atomic E-state index is 8.38. The Bertz CT molecular complexity index is 725. The monoisotopic (exact) mass is 341 g/mol. The summed E-state index contributed by atoms with van der Waals surface area (Å²) in [5.74, 6) is 0. The van der Waals surface area contributed by atoms with Gasteiger partial charge in [-0.25, -0.2) is 0 Å². The normalized spacial score (nSPS) is 11.7. The van der Waals surface area contributed by atoms with Gasteiger partial charge in [-0.1, -0.05) is 56.8 Å². The van der Waals surface area contributed by atoms with Crippen molar-refractivity contribution < 1.29 is 4.84 Å². The molecule has 0 fully saturated rings. The highest BCUT2D eigenvalue weighted by molar-refractivity contribution is 7.99. The van der Waals surface area contributed by atoms with E-state index in [1.54, 1.807) is 11.8 Å². The van der Waals surface area contributed by atoms with Gasteiger partial charge in [-0.15, -0.1) is 0 Å². The Kier molecular flexibility index (Phi) is 5.47. The first kappa shape index (κ1) is 18.2. The summed E-state index contributed by atoms with van der Waals surface area (Å²) in [6.07, 6.45) is 0. The molecule has 2 aromatic rings. The fourth-order valence-electron chi connectivity index (χ4n) is 2.26. The number of benzene rings is 2. The van der Waals surface area contributed by atoms with Crippen LogP contribution >= 0.6 is 11.8 Å². The topological polar surface area (TPSA) is 58.0 Å². The molecule has 0 heterocycles. The van der Waals surface area contributed by atoms with Crippen LogP contribution in [0.15, 0.2) is 63.6 Å². The molecule has 2 rings (SSSR count). The van der Waals surface area contributed by atoms with Gasteiger partial charge in [0.15, 0.2) is 0 Å². The van der Waals surface area contributed by atoms with Gasteiger partial charge in [0, 0.05) is 14.7 Å². The van der Waals surface area contributed by atoms with Crippen molar-refractivity contribution >= 4 is 11.8 Å². The Morgan fingerprint density at radius 3 is 1.71 bits per heavy atom. The molecule has 0 unspecified atom stereocenters. The second kappa shape index (κ2) is 7.20. The molecule has 24 heavy (non-hydrogen) atoms. The lowest BCUT2D eigenvalue weighted by Gasteiger charge is -2.23. The van der Waals surface area contributed by atoms with E-state index in [4.69, 9.17) is 10.4 Å². The second-order valence-electron chi connectivity index (χ2n) is 7.17. The van der Waals surface area contributed by atoms with Crippen LogP contribution in [0.1, 0.15) is 45.7 Å². The molecule has 0 radical (unpaired) electrons. The largest absolute Gasteiger partial charge is 0.423 e. The molecule has 0 amide bonds. The van der Waals surface area contributed by atoms with E-state index >= 15 is 0 Å². The van der Waals surface area contributed by atoms with E-state index in [1.807, 2.05) is 26.0 Å². The zero-order valence-electron chi connectivity index (χ0n) is 14.8. The van der Waals surface area contributed by atoms with Crippen molar-refractivity contribution in [2.24, 2.45) is 5.28 Å². The molecular weight excluding hydrogens is 318 g/mol. The molecule has 0 aliphatic heterocycles. The fourth-order valence-corrected chi connectivity index (χ4v) is 3.07. The molecule has 0 atom stereocenters. The summed E-state index contributed by atoms with van der Waals surface area (Å²) in [4.78, 5) is 10.2.